The average molecular weight is 290 g/mol. The number of nitrogens with zero attached hydrogens (tertiary/aromatic N) is 1. The van der Waals surface area contributed by atoms with Crippen molar-refractivity contribution < 1.29 is 17.9 Å². The van der Waals surface area contributed by atoms with Crippen LogP contribution < -0.4 is 5.32 Å². The molecule has 0 spiro atoms. The van der Waals surface area contributed by atoms with E-state index in [1.807, 2.05) is 20.8 Å². The van der Waals surface area contributed by atoms with E-state index in [0.717, 1.165) is 0 Å². The Morgan fingerprint density at radius 3 is 2.53 bits per heavy atom. The molecule has 0 bridgehead atoms. The van der Waals surface area contributed by atoms with Crippen molar-refractivity contribution in [2.75, 3.05) is 19.0 Å². The molecular weight excluding hydrogens is 268 g/mol. The zero-order chi connectivity index (χ0) is 14.3. The maximum atomic E-state index is 12.0. The molecule has 2 rings (SSSR count). The van der Waals surface area contributed by atoms with Gasteiger partial charge in [-0.25, -0.2) is 13.2 Å². The fourth-order valence-electron chi connectivity index (χ4n) is 2.58. The predicted molar refractivity (Wildman–Crippen MR) is 71.5 cm³/mol. The van der Waals surface area contributed by atoms with Crippen LogP contribution in [0, 0.1) is 0 Å². The van der Waals surface area contributed by atoms with E-state index < -0.39 is 15.4 Å². The number of hydrogen-bond acceptors (Lipinski definition) is 5. The molecule has 0 aromatic heterocycles. The number of nitrogens with one attached hydrogen (secondary N) is 1. The molecule has 110 valence electrons. The molecule has 0 aromatic carbocycles. The number of fused-ring (bicyclic) bond motifs is 1. The standard InChI is InChI=1S/C12H22N2O4S/c1-12(2,3)18-11(15)14-6-4-9-10(5-7-14)19(16,17)8-13-9/h9-10,13H,4-8H2,1-3H3. The van der Waals surface area contributed by atoms with E-state index in [2.05, 4.69) is 5.32 Å². The molecule has 2 aliphatic heterocycles. The first-order chi connectivity index (χ1) is 8.69. The number of sulfone groups is 1. The van der Waals surface area contributed by atoms with E-state index in [0.29, 0.717) is 25.9 Å². The fourth-order valence-corrected chi connectivity index (χ4v) is 4.44. The molecule has 0 radical (unpaired) electrons. The molecule has 2 saturated heterocycles. The summed E-state index contributed by atoms with van der Waals surface area (Å²) in [6.45, 7) is 6.45. The van der Waals surface area contributed by atoms with Crippen LogP contribution in [-0.2, 0) is 14.6 Å². The van der Waals surface area contributed by atoms with Crippen molar-refractivity contribution in [2.24, 2.45) is 0 Å². The van der Waals surface area contributed by atoms with Crippen molar-refractivity contribution in [1.29, 1.82) is 0 Å². The summed E-state index contributed by atoms with van der Waals surface area (Å²) in [6, 6.07) is -0.0302. The summed E-state index contributed by atoms with van der Waals surface area (Å²) >= 11 is 0. The molecule has 2 fully saturated rings. The van der Waals surface area contributed by atoms with Crippen LogP contribution >= 0.6 is 0 Å². The minimum Gasteiger partial charge on any atom is -0.444 e. The molecule has 2 atom stereocenters. The molecule has 1 amide bonds. The van der Waals surface area contributed by atoms with Gasteiger partial charge in [-0.3, -0.25) is 5.32 Å². The Kier molecular flexibility index (Phi) is 3.79. The minimum absolute atomic E-state index is 0.0302. The summed E-state index contributed by atoms with van der Waals surface area (Å²) in [5.74, 6) is 0.0643. The second kappa shape index (κ2) is 4.94. The predicted octanol–water partition coefficient (Wildman–Crippen LogP) is 0.730. The Hall–Kier alpha value is -0.820. The van der Waals surface area contributed by atoms with Crippen molar-refractivity contribution in [3.05, 3.63) is 0 Å². The normalized spacial score (nSPS) is 30.6. The van der Waals surface area contributed by atoms with Gasteiger partial charge in [-0.1, -0.05) is 0 Å². The second-order valence-electron chi connectivity index (χ2n) is 6.20. The Morgan fingerprint density at radius 1 is 1.26 bits per heavy atom. The highest BCUT2D eigenvalue weighted by molar-refractivity contribution is 7.92. The number of likely N-dealkylation sites (tertiary alicyclic amines) is 1. The molecule has 1 N–H and O–H groups in total. The molecule has 2 unspecified atom stereocenters. The van der Waals surface area contributed by atoms with E-state index in [1.54, 1.807) is 4.90 Å². The monoisotopic (exact) mass is 290 g/mol. The van der Waals surface area contributed by atoms with Gasteiger partial charge in [-0.05, 0) is 33.6 Å². The third-order valence-electron chi connectivity index (χ3n) is 3.50. The summed E-state index contributed by atoms with van der Waals surface area (Å²) in [4.78, 5) is 13.6. The first-order valence-corrected chi connectivity index (χ1v) is 8.33. The maximum absolute atomic E-state index is 12.0. The van der Waals surface area contributed by atoms with Gasteiger partial charge in [0, 0.05) is 19.1 Å². The molecule has 0 saturated carbocycles. The molecule has 6 nitrogen and oxygen atoms in total. The van der Waals surface area contributed by atoms with Crippen LogP contribution in [0.25, 0.3) is 0 Å². The first kappa shape index (κ1) is 14.6. The lowest BCUT2D eigenvalue weighted by Gasteiger charge is -2.26. The van der Waals surface area contributed by atoms with E-state index in [9.17, 15) is 13.2 Å². The van der Waals surface area contributed by atoms with Gasteiger partial charge in [0.1, 0.15) is 5.60 Å². The Balaban J connectivity index is 2.00. The fraction of sp³-hybridized carbons (Fsp3) is 0.917. The second-order valence-corrected chi connectivity index (χ2v) is 8.42. The van der Waals surface area contributed by atoms with E-state index in [1.165, 1.54) is 0 Å². The zero-order valence-corrected chi connectivity index (χ0v) is 12.5. The quantitative estimate of drug-likeness (QED) is 0.712. The van der Waals surface area contributed by atoms with Crippen LogP contribution in [0.5, 0.6) is 0 Å². The highest BCUT2D eigenvalue weighted by Crippen LogP contribution is 2.24. The van der Waals surface area contributed by atoms with Gasteiger partial charge in [0.15, 0.2) is 9.84 Å². The number of carbonyl (C=O) groups excluding carboxylic acids is 1. The van der Waals surface area contributed by atoms with Crippen LogP contribution in [0.4, 0.5) is 4.79 Å². The highest BCUT2D eigenvalue weighted by atomic mass is 32.2. The van der Waals surface area contributed by atoms with Gasteiger partial charge in [-0.2, -0.15) is 0 Å². The van der Waals surface area contributed by atoms with Crippen LogP contribution in [0.2, 0.25) is 0 Å². The number of rotatable bonds is 0. The van der Waals surface area contributed by atoms with Gasteiger partial charge in [-0.15, -0.1) is 0 Å². The molecule has 2 aliphatic rings. The third-order valence-corrected chi connectivity index (χ3v) is 5.56. The van der Waals surface area contributed by atoms with Gasteiger partial charge in [0.2, 0.25) is 0 Å². The van der Waals surface area contributed by atoms with Crippen molar-refractivity contribution in [3.63, 3.8) is 0 Å². The minimum atomic E-state index is -3.04. The van der Waals surface area contributed by atoms with Gasteiger partial charge in [0.05, 0.1) is 11.1 Å². The smallest absolute Gasteiger partial charge is 0.410 e. The molecule has 0 aliphatic carbocycles. The third kappa shape index (κ3) is 3.39. The number of carbonyl (C=O) groups is 1. The van der Waals surface area contributed by atoms with E-state index in [-0.39, 0.29) is 23.3 Å². The number of amides is 1. The maximum Gasteiger partial charge on any atom is 0.410 e. The van der Waals surface area contributed by atoms with E-state index in [4.69, 9.17) is 4.74 Å². The molecule has 2 heterocycles. The highest BCUT2D eigenvalue weighted by Gasteiger charge is 2.42. The lowest BCUT2D eigenvalue weighted by molar-refractivity contribution is 0.0256. The van der Waals surface area contributed by atoms with Gasteiger partial charge < -0.3 is 9.64 Å². The number of ether oxygens (including phenoxy) is 1. The summed E-state index contributed by atoms with van der Waals surface area (Å²) in [6.07, 6.45) is 0.785. The molecular formula is C12H22N2O4S. The zero-order valence-electron chi connectivity index (χ0n) is 11.7. The first-order valence-electron chi connectivity index (χ1n) is 6.62. The molecule has 19 heavy (non-hydrogen) atoms. The average Bonchev–Trinajstić information content (AvgIpc) is 2.46. The van der Waals surface area contributed by atoms with E-state index >= 15 is 0 Å². The summed E-state index contributed by atoms with van der Waals surface area (Å²) in [5, 5.41) is 2.67. The van der Waals surface area contributed by atoms with Crippen LogP contribution in [-0.4, -0.2) is 55.3 Å². The van der Waals surface area contributed by atoms with Crippen LogP contribution in [0.3, 0.4) is 0 Å². The summed E-state index contributed by atoms with van der Waals surface area (Å²) in [7, 11) is -3.04. The van der Waals surface area contributed by atoms with Crippen molar-refractivity contribution in [1.82, 2.24) is 10.2 Å². The molecule has 0 aromatic rings. The van der Waals surface area contributed by atoms with Crippen molar-refractivity contribution in [2.45, 2.75) is 50.5 Å². The van der Waals surface area contributed by atoms with Gasteiger partial charge in [0.25, 0.3) is 0 Å². The summed E-state index contributed by atoms with van der Waals surface area (Å²) in [5.41, 5.74) is -0.524. The Labute approximate surface area is 114 Å². The lowest BCUT2D eigenvalue weighted by Crippen LogP contribution is -2.38. The Bertz CT molecular complexity index is 455. The lowest BCUT2D eigenvalue weighted by atomic mass is 10.1. The number of hydrogen-bond donors (Lipinski definition) is 1. The van der Waals surface area contributed by atoms with Crippen molar-refractivity contribution >= 4 is 15.9 Å². The Morgan fingerprint density at radius 2 is 1.89 bits per heavy atom. The SMILES string of the molecule is CC(C)(C)OC(=O)N1CCC2NCS(=O)(=O)C2CC1. The van der Waals surface area contributed by atoms with Crippen LogP contribution in [0.15, 0.2) is 0 Å². The van der Waals surface area contributed by atoms with Crippen molar-refractivity contribution in [3.8, 4) is 0 Å². The largest absolute Gasteiger partial charge is 0.444 e. The topological polar surface area (TPSA) is 75.7 Å². The van der Waals surface area contributed by atoms with Crippen LogP contribution in [0.1, 0.15) is 33.6 Å². The summed E-state index contributed by atoms with van der Waals surface area (Å²) < 4.78 is 29.0. The van der Waals surface area contributed by atoms with Gasteiger partial charge >= 0.3 is 6.09 Å². The molecule has 7 heteroatoms.